The molecule has 0 aliphatic rings. The molecule has 1 aromatic heterocycles. The number of methoxy groups -OCH3 is 1. The Kier molecular flexibility index (Phi) is 6.95. The zero-order valence-corrected chi connectivity index (χ0v) is 17.1. The molecule has 9 nitrogen and oxygen atoms in total. The maximum absolute atomic E-state index is 14.6. The fourth-order valence-corrected chi connectivity index (χ4v) is 3.56. The topological polar surface area (TPSA) is 124 Å². The molecule has 0 radical (unpaired) electrons. The third kappa shape index (κ3) is 4.66. The van der Waals surface area contributed by atoms with Gasteiger partial charge >= 0.3 is 0 Å². The van der Waals surface area contributed by atoms with Crippen molar-refractivity contribution in [3.63, 3.8) is 0 Å². The number of nitrogens with zero attached hydrogens (tertiary/aromatic N) is 1. The maximum Gasteiger partial charge on any atom is 0.267 e. The smallest absolute Gasteiger partial charge is 0.267 e. The van der Waals surface area contributed by atoms with E-state index in [2.05, 4.69) is 4.99 Å². The molecule has 0 fully saturated rings. The van der Waals surface area contributed by atoms with Crippen LogP contribution in [0.4, 0.5) is 8.78 Å². The number of hydroxylamine groups is 1. The van der Waals surface area contributed by atoms with Gasteiger partial charge in [0, 0.05) is 42.3 Å². The van der Waals surface area contributed by atoms with Crippen LogP contribution in [0.2, 0.25) is 0 Å². The summed E-state index contributed by atoms with van der Waals surface area (Å²) in [5, 5.41) is 8.36. The van der Waals surface area contributed by atoms with Gasteiger partial charge in [-0.1, -0.05) is 0 Å². The summed E-state index contributed by atoms with van der Waals surface area (Å²) in [6.07, 6.45) is 1.16. The fraction of sp³-hybridized carbons (Fsp3) is 0.333. The van der Waals surface area contributed by atoms with E-state index in [-0.39, 0.29) is 23.4 Å². The van der Waals surface area contributed by atoms with E-state index in [1.165, 1.54) is 24.7 Å². The van der Waals surface area contributed by atoms with E-state index < -0.39 is 44.1 Å². The number of halogens is 2. The van der Waals surface area contributed by atoms with Crippen LogP contribution in [-0.2, 0) is 26.2 Å². The van der Waals surface area contributed by atoms with Crippen molar-refractivity contribution in [1.29, 1.82) is 0 Å². The molecule has 0 bridgehead atoms. The van der Waals surface area contributed by atoms with Crippen molar-refractivity contribution in [3.05, 3.63) is 52.5 Å². The third-order valence-electron chi connectivity index (χ3n) is 4.81. The number of ether oxygens (including phenoxy) is 1. The summed E-state index contributed by atoms with van der Waals surface area (Å²) in [7, 11) is -2.68. The van der Waals surface area contributed by atoms with Crippen molar-refractivity contribution < 1.29 is 37.0 Å². The van der Waals surface area contributed by atoms with Gasteiger partial charge in [0.25, 0.3) is 11.5 Å². The molecule has 0 unspecified atom stereocenters. The van der Waals surface area contributed by atoms with Gasteiger partial charge in [-0.3, -0.25) is 9.59 Å². The van der Waals surface area contributed by atoms with Gasteiger partial charge in [0.1, 0.15) is 17.4 Å². The van der Waals surface area contributed by atoms with Gasteiger partial charge in [-0.25, -0.2) is 27.9 Å². The van der Waals surface area contributed by atoms with Crippen molar-refractivity contribution in [1.82, 2.24) is 10.0 Å². The number of hydrogen-bond donors (Lipinski definition) is 2. The zero-order chi connectivity index (χ0) is 22.7. The highest BCUT2D eigenvalue weighted by Gasteiger charge is 2.43. The lowest BCUT2D eigenvalue weighted by atomic mass is 10.0. The van der Waals surface area contributed by atoms with Crippen LogP contribution in [0.25, 0.3) is 11.1 Å². The Hall–Kier alpha value is -2.83. The molecule has 0 spiro atoms. The summed E-state index contributed by atoms with van der Waals surface area (Å²) < 4.78 is 56.6. The number of sulfone groups is 1. The van der Waals surface area contributed by atoms with E-state index in [1.54, 1.807) is 0 Å². The van der Waals surface area contributed by atoms with Crippen molar-refractivity contribution in [2.45, 2.75) is 24.6 Å². The Morgan fingerprint density at radius 1 is 1.23 bits per heavy atom. The third-order valence-corrected chi connectivity index (χ3v) is 6.84. The normalized spacial score (nSPS) is 13.5. The molecule has 1 amide bonds. The second kappa shape index (κ2) is 8.90. The van der Waals surface area contributed by atoms with Crippen molar-refractivity contribution in [2.75, 3.05) is 13.4 Å². The number of hydrogen-bond acceptors (Lipinski definition) is 7. The van der Waals surface area contributed by atoms with Gasteiger partial charge in [-0.2, -0.15) is 0 Å². The molecule has 2 rings (SSSR count). The molecule has 1 atom stereocenters. The number of carbonyl (C=O) groups is 1. The summed E-state index contributed by atoms with van der Waals surface area (Å²) in [4.78, 5) is 27.9. The van der Waals surface area contributed by atoms with Gasteiger partial charge in [0.05, 0.1) is 7.11 Å². The lowest BCUT2D eigenvalue weighted by Crippen LogP contribution is -2.50. The first-order chi connectivity index (χ1) is 13.9. The number of nitrogens with one attached hydrogen (secondary N) is 1. The predicted octanol–water partition coefficient (Wildman–Crippen LogP) is 1.52. The minimum absolute atomic E-state index is 0.155. The van der Waals surface area contributed by atoms with Crippen LogP contribution in [0.15, 0.2) is 35.3 Å². The molecule has 12 heteroatoms. The number of rotatable bonds is 8. The monoisotopic (exact) mass is 446 g/mol. The Morgan fingerprint density at radius 3 is 2.43 bits per heavy atom. The first kappa shape index (κ1) is 23.4. The Labute approximate surface area is 170 Å². The molecule has 30 heavy (non-hydrogen) atoms. The lowest BCUT2D eigenvalue weighted by molar-refractivity contribution is -0.285. The molecular weight excluding hydrogens is 426 g/mol. The molecule has 0 aliphatic carbocycles. The maximum atomic E-state index is 14.6. The molecule has 2 N–H and O–H groups in total. The quantitative estimate of drug-likeness (QED) is 0.465. The summed E-state index contributed by atoms with van der Waals surface area (Å²) >= 11 is 0. The Bertz CT molecular complexity index is 1120. The highest BCUT2D eigenvalue weighted by atomic mass is 32.2. The average Bonchev–Trinajstić information content (AvgIpc) is 2.67. The van der Waals surface area contributed by atoms with Gasteiger partial charge < -0.3 is 9.30 Å². The van der Waals surface area contributed by atoms with E-state index in [0.29, 0.717) is 0 Å². The lowest BCUT2D eigenvalue weighted by Gasteiger charge is -2.25. The second-order valence-electron chi connectivity index (χ2n) is 6.69. The first-order valence-electron chi connectivity index (χ1n) is 8.49. The summed E-state index contributed by atoms with van der Waals surface area (Å²) in [6, 6.07) is 4.58. The van der Waals surface area contributed by atoms with Gasteiger partial charge in [0.2, 0.25) is 0 Å². The van der Waals surface area contributed by atoms with Crippen LogP contribution >= 0.6 is 0 Å². The molecule has 0 saturated heterocycles. The number of carbonyl (C=O) groups excluding carboxylic acids is 1. The van der Waals surface area contributed by atoms with E-state index in [4.69, 9.17) is 9.99 Å². The van der Waals surface area contributed by atoms with Crippen LogP contribution in [-0.4, -0.2) is 42.3 Å². The molecule has 1 heterocycles. The predicted molar refractivity (Wildman–Crippen MR) is 102 cm³/mol. The number of aromatic nitrogens is 1. The zero-order valence-electron chi connectivity index (χ0n) is 16.3. The summed E-state index contributed by atoms with van der Waals surface area (Å²) in [6.45, 7) is 0.711. The minimum atomic E-state index is -4.02. The summed E-state index contributed by atoms with van der Waals surface area (Å²) in [5.74, 6) is -2.67. The number of aryl methyl sites for hydroxylation is 1. The van der Waals surface area contributed by atoms with Crippen LogP contribution < -0.4 is 15.8 Å². The van der Waals surface area contributed by atoms with Crippen molar-refractivity contribution in [3.8, 4) is 16.9 Å². The van der Waals surface area contributed by atoms with Crippen LogP contribution in [0.3, 0.4) is 0 Å². The van der Waals surface area contributed by atoms with E-state index in [0.717, 1.165) is 36.1 Å². The van der Waals surface area contributed by atoms with E-state index in [1.807, 2.05) is 0 Å². The fourth-order valence-electron chi connectivity index (χ4n) is 2.72. The van der Waals surface area contributed by atoms with Crippen molar-refractivity contribution >= 4 is 15.7 Å². The van der Waals surface area contributed by atoms with E-state index >= 15 is 0 Å². The Morgan fingerprint density at radius 2 is 1.90 bits per heavy atom. The molecular formula is C18H20F2N2O7S. The number of amides is 1. The highest BCUT2D eigenvalue weighted by Crippen LogP contribution is 2.28. The van der Waals surface area contributed by atoms with Crippen LogP contribution in [0, 0.1) is 11.6 Å². The van der Waals surface area contributed by atoms with Gasteiger partial charge in [0.15, 0.2) is 14.6 Å². The van der Waals surface area contributed by atoms with Gasteiger partial charge in [-0.05, 0) is 25.5 Å². The van der Waals surface area contributed by atoms with Crippen LogP contribution in [0.5, 0.6) is 5.75 Å². The van der Waals surface area contributed by atoms with Crippen molar-refractivity contribution in [2.24, 2.45) is 0 Å². The largest absolute Gasteiger partial charge is 0.497 e. The number of benzene rings is 1. The molecule has 2 aromatic rings. The van der Waals surface area contributed by atoms with Crippen LogP contribution in [0.1, 0.15) is 13.3 Å². The molecule has 0 aliphatic heterocycles. The average molecular weight is 446 g/mol. The number of pyridine rings is 1. The van der Waals surface area contributed by atoms with Gasteiger partial charge in [-0.15, -0.1) is 4.99 Å². The second-order valence-corrected chi connectivity index (χ2v) is 9.13. The minimum Gasteiger partial charge on any atom is -0.497 e. The first-order valence-corrected chi connectivity index (χ1v) is 10.4. The molecule has 164 valence electrons. The molecule has 0 saturated carbocycles. The molecule has 1 aromatic carbocycles. The van der Waals surface area contributed by atoms with E-state index in [9.17, 15) is 26.8 Å². The standard InChI is InChI=1S/C18H20F2N2O7S/c1-18(30(3,26)27,17(24)21-29-25)6-7-22-10-15(20)13(9-16(22)23)12-5-4-11(28-2)8-14(12)19/h4-5,8-10,25H,6-7H2,1-3H3,(H,21,24)/t18-/m1/s1. The SMILES string of the molecule is COc1ccc(-c2cc(=O)n(CC[C@](C)(C(=O)NOO)S(C)(=O)=O)cc2F)c(F)c1. The highest BCUT2D eigenvalue weighted by molar-refractivity contribution is 7.92. The summed E-state index contributed by atoms with van der Waals surface area (Å²) in [5.41, 5.74) is 0.347. The Balaban J connectivity index is 2.38.